The van der Waals surface area contributed by atoms with Gasteiger partial charge in [0.1, 0.15) is 0 Å². The van der Waals surface area contributed by atoms with Crippen molar-refractivity contribution < 1.29 is 4.79 Å². The Morgan fingerprint density at radius 3 is 2.76 bits per heavy atom. The van der Waals surface area contributed by atoms with E-state index in [2.05, 4.69) is 4.98 Å². The van der Waals surface area contributed by atoms with E-state index >= 15 is 0 Å². The van der Waals surface area contributed by atoms with Crippen LogP contribution >= 0.6 is 0 Å². The van der Waals surface area contributed by atoms with Crippen LogP contribution in [0.5, 0.6) is 0 Å². The van der Waals surface area contributed by atoms with Gasteiger partial charge in [0.05, 0.1) is 0 Å². The van der Waals surface area contributed by atoms with Crippen molar-refractivity contribution in [1.82, 2.24) is 4.98 Å². The number of pyridine rings is 1. The van der Waals surface area contributed by atoms with E-state index in [4.69, 9.17) is 5.73 Å². The van der Waals surface area contributed by atoms with Gasteiger partial charge in [-0.2, -0.15) is 0 Å². The summed E-state index contributed by atoms with van der Waals surface area (Å²) in [7, 11) is 0. The summed E-state index contributed by atoms with van der Waals surface area (Å²) in [4.78, 5) is 17.0. The molecule has 1 aromatic heterocycles. The SMILES string of the molecule is NCC1(CC(=O)c2cccc3ccncc23)CCCCC1. The second-order valence-electron chi connectivity index (χ2n) is 6.27. The van der Waals surface area contributed by atoms with Gasteiger partial charge in [-0.25, -0.2) is 0 Å². The maximum Gasteiger partial charge on any atom is 0.164 e. The molecule has 3 heteroatoms. The zero-order chi connectivity index (χ0) is 14.7. The molecule has 1 heterocycles. The Kier molecular flexibility index (Phi) is 4.02. The van der Waals surface area contributed by atoms with E-state index in [1.165, 1.54) is 19.3 Å². The number of hydrogen-bond acceptors (Lipinski definition) is 3. The van der Waals surface area contributed by atoms with Gasteiger partial charge >= 0.3 is 0 Å². The monoisotopic (exact) mass is 282 g/mol. The number of aromatic nitrogens is 1. The van der Waals surface area contributed by atoms with Gasteiger partial charge in [0.25, 0.3) is 0 Å². The van der Waals surface area contributed by atoms with Gasteiger partial charge in [0.2, 0.25) is 0 Å². The summed E-state index contributed by atoms with van der Waals surface area (Å²) in [6.45, 7) is 0.613. The molecule has 0 amide bonds. The second-order valence-corrected chi connectivity index (χ2v) is 6.27. The fourth-order valence-electron chi connectivity index (χ4n) is 3.55. The van der Waals surface area contributed by atoms with Crippen molar-refractivity contribution in [3.05, 3.63) is 42.2 Å². The average molecular weight is 282 g/mol. The molecule has 3 nitrogen and oxygen atoms in total. The standard InChI is InChI=1S/C18H22N2O/c19-13-18(8-2-1-3-9-18)11-17(21)15-6-4-5-14-7-10-20-12-16(14)15/h4-7,10,12H,1-3,8-9,11,13,19H2. The van der Waals surface area contributed by atoms with Gasteiger partial charge in [-0.3, -0.25) is 9.78 Å². The number of carbonyl (C=O) groups excluding carboxylic acids is 1. The minimum Gasteiger partial charge on any atom is -0.330 e. The average Bonchev–Trinajstić information content (AvgIpc) is 2.55. The molecule has 0 bridgehead atoms. The first kappa shape index (κ1) is 14.2. The number of Topliss-reactive ketones (excluding diaryl/α,β-unsaturated/α-hetero) is 1. The molecule has 0 saturated heterocycles. The van der Waals surface area contributed by atoms with Gasteiger partial charge in [-0.05, 0) is 36.3 Å². The number of fused-ring (bicyclic) bond motifs is 1. The molecule has 0 spiro atoms. The Balaban J connectivity index is 1.90. The molecule has 1 aromatic carbocycles. The first-order valence-corrected chi connectivity index (χ1v) is 7.80. The Hall–Kier alpha value is -1.74. The molecular weight excluding hydrogens is 260 g/mol. The van der Waals surface area contributed by atoms with Gasteiger partial charge < -0.3 is 5.73 Å². The van der Waals surface area contributed by atoms with Gasteiger partial charge in [0.15, 0.2) is 5.78 Å². The number of benzene rings is 1. The van der Waals surface area contributed by atoms with E-state index in [1.54, 1.807) is 12.4 Å². The number of nitrogens with zero attached hydrogens (tertiary/aromatic N) is 1. The minimum atomic E-state index is 0.0136. The summed E-state index contributed by atoms with van der Waals surface area (Å²) in [5.74, 6) is 0.209. The van der Waals surface area contributed by atoms with Crippen molar-refractivity contribution in [1.29, 1.82) is 0 Å². The Labute approximate surface area is 125 Å². The Morgan fingerprint density at radius 1 is 1.19 bits per heavy atom. The maximum absolute atomic E-state index is 12.8. The van der Waals surface area contributed by atoms with Crippen molar-refractivity contribution in [2.75, 3.05) is 6.54 Å². The third-order valence-electron chi connectivity index (χ3n) is 4.87. The molecule has 110 valence electrons. The third kappa shape index (κ3) is 2.84. The lowest BCUT2D eigenvalue weighted by molar-refractivity contribution is 0.0869. The molecule has 0 aliphatic heterocycles. The molecule has 1 fully saturated rings. The molecule has 3 rings (SSSR count). The quantitative estimate of drug-likeness (QED) is 0.870. The van der Waals surface area contributed by atoms with Crippen LogP contribution in [0.15, 0.2) is 36.7 Å². The summed E-state index contributed by atoms with van der Waals surface area (Å²) in [6, 6.07) is 7.84. The van der Waals surface area contributed by atoms with Crippen molar-refractivity contribution in [2.24, 2.45) is 11.1 Å². The van der Waals surface area contributed by atoms with Gasteiger partial charge in [0, 0.05) is 29.8 Å². The lowest BCUT2D eigenvalue weighted by atomic mass is 9.70. The van der Waals surface area contributed by atoms with Crippen molar-refractivity contribution in [3.63, 3.8) is 0 Å². The molecule has 1 aliphatic carbocycles. The predicted molar refractivity (Wildman–Crippen MR) is 85.3 cm³/mol. The molecule has 2 N–H and O–H groups in total. The van der Waals surface area contributed by atoms with Crippen molar-refractivity contribution in [2.45, 2.75) is 38.5 Å². The van der Waals surface area contributed by atoms with E-state index in [0.29, 0.717) is 13.0 Å². The fourth-order valence-corrected chi connectivity index (χ4v) is 3.55. The lowest BCUT2D eigenvalue weighted by Crippen LogP contribution is -2.35. The highest BCUT2D eigenvalue weighted by Gasteiger charge is 2.33. The van der Waals surface area contributed by atoms with Crippen LogP contribution in [0.1, 0.15) is 48.9 Å². The van der Waals surface area contributed by atoms with Crippen LogP contribution in [0.3, 0.4) is 0 Å². The van der Waals surface area contributed by atoms with Gasteiger partial charge in [-0.15, -0.1) is 0 Å². The zero-order valence-corrected chi connectivity index (χ0v) is 12.3. The summed E-state index contributed by atoms with van der Waals surface area (Å²) in [6.07, 6.45) is 9.95. The number of ketones is 1. The molecule has 1 saturated carbocycles. The molecular formula is C18H22N2O. The highest BCUT2D eigenvalue weighted by Crippen LogP contribution is 2.39. The Bertz CT molecular complexity index is 639. The van der Waals surface area contributed by atoms with Crippen LogP contribution in [-0.2, 0) is 0 Å². The molecule has 1 aliphatic rings. The van der Waals surface area contributed by atoms with Crippen LogP contribution in [-0.4, -0.2) is 17.3 Å². The third-order valence-corrected chi connectivity index (χ3v) is 4.87. The Morgan fingerprint density at radius 2 is 2.00 bits per heavy atom. The normalized spacial score (nSPS) is 17.8. The van der Waals surface area contributed by atoms with Crippen molar-refractivity contribution >= 4 is 16.6 Å². The molecule has 2 aromatic rings. The first-order chi connectivity index (χ1) is 10.2. The lowest BCUT2D eigenvalue weighted by Gasteiger charge is -2.35. The fraction of sp³-hybridized carbons (Fsp3) is 0.444. The van der Waals surface area contributed by atoms with Crippen LogP contribution in [0.2, 0.25) is 0 Å². The first-order valence-electron chi connectivity index (χ1n) is 7.80. The number of nitrogens with two attached hydrogens (primary N) is 1. The summed E-state index contributed by atoms with van der Waals surface area (Å²) >= 11 is 0. The van der Waals surface area contributed by atoms with Crippen molar-refractivity contribution in [3.8, 4) is 0 Å². The number of hydrogen-bond donors (Lipinski definition) is 1. The van der Waals surface area contributed by atoms with E-state index < -0.39 is 0 Å². The van der Waals surface area contributed by atoms with E-state index in [-0.39, 0.29) is 11.2 Å². The van der Waals surface area contributed by atoms with Crippen LogP contribution in [0, 0.1) is 5.41 Å². The van der Waals surface area contributed by atoms with Crippen LogP contribution in [0.25, 0.3) is 10.8 Å². The molecule has 0 unspecified atom stereocenters. The van der Waals surface area contributed by atoms with E-state index in [1.807, 2.05) is 24.3 Å². The zero-order valence-electron chi connectivity index (χ0n) is 12.3. The van der Waals surface area contributed by atoms with E-state index in [0.717, 1.165) is 29.2 Å². The largest absolute Gasteiger partial charge is 0.330 e. The number of rotatable bonds is 4. The predicted octanol–water partition coefficient (Wildman–Crippen LogP) is 3.72. The number of carbonyl (C=O) groups is 1. The van der Waals surface area contributed by atoms with Crippen LogP contribution < -0.4 is 5.73 Å². The highest BCUT2D eigenvalue weighted by molar-refractivity contribution is 6.08. The summed E-state index contributed by atoms with van der Waals surface area (Å²) < 4.78 is 0. The van der Waals surface area contributed by atoms with Gasteiger partial charge in [-0.1, -0.05) is 37.5 Å². The summed E-state index contributed by atoms with van der Waals surface area (Å²) in [5, 5.41) is 2.02. The minimum absolute atomic E-state index is 0.0136. The smallest absolute Gasteiger partial charge is 0.164 e. The molecule has 21 heavy (non-hydrogen) atoms. The maximum atomic E-state index is 12.8. The van der Waals surface area contributed by atoms with E-state index in [9.17, 15) is 4.79 Å². The second kappa shape index (κ2) is 5.94. The molecule has 0 radical (unpaired) electrons. The molecule has 0 atom stereocenters. The highest BCUT2D eigenvalue weighted by atomic mass is 16.1. The topological polar surface area (TPSA) is 56.0 Å². The van der Waals surface area contributed by atoms with Crippen LogP contribution in [0.4, 0.5) is 0 Å². The summed E-state index contributed by atoms with van der Waals surface area (Å²) in [5.41, 5.74) is 6.82.